The van der Waals surface area contributed by atoms with Crippen LogP contribution in [0.4, 0.5) is 0 Å². The summed E-state index contributed by atoms with van der Waals surface area (Å²) in [5.74, 6) is -0.0253. The van der Waals surface area contributed by atoms with Crippen LogP contribution in [0.1, 0.15) is 26.3 Å². The first-order valence-electron chi connectivity index (χ1n) is 9.47. The number of Topliss-reactive ketones (excluding diaryl/α,β-unsaturated/α-hetero) is 1. The summed E-state index contributed by atoms with van der Waals surface area (Å²) in [5, 5.41) is 6.77. The van der Waals surface area contributed by atoms with E-state index in [1.165, 1.54) is 17.4 Å². The lowest BCUT2D eigenvalue weighted by Gasteiger charge is -2.12. The normalized spacial score (nSPS) is 13.2. The van der Waals surface area contributed by atoms with Crippen molar-refractivity contribution < 1.29 is 4.79 Å². The lowest BCUT2D eigenvalue weighted by atomic mass is 9.91. The average Bonchev–Trinajstić information content (AvgIpc) is 3.43. The molecule has 5 nitrogen and oxygen atoms in total. The van der Waals surface area contributed by atoms with E-state index in [2.05, 4.69) is 4.98 Å². The van der Waals surface area contributed by atoms with Gasteiger partial charge in [-0.1, -0.05) is 45.0 Å². The highest BCUT2D eigenvalue weighted by Crippen LogP contribution is 2.28. The number of para-hydroxylation sites is 1. The predicted octanol–water partition coefficient (Wildman–Crippen LogP) is 3.58. The maximum absolute atomic E-state index is 12.5. The summed E-state index contributed by atoms with van der Waals surface area (Å²) in [6.45, 7) is 5.57. The zero-order valence-corrected chi connectivity index (χ0v) is 18.5. The van der Waals surface area contributed by atoms with Crippen molar-refractivity contribution in [1.82, 2.24) is 14.8 Å². The average molecular weight is 436 g/mol. The molecular formula is C23H21N3O2S2. The van der Waals surface area contributed by atoms with Gasteiger partial charge in [-0.2, -0.15) is 5.10 Å². The molecule has 30 heavy (non-hydrogen) atoms. The van der Waals surface area contributed by atoms with Crippen molar-refractivity contribution in [3.63, 3.8) is 0 Å². The minimum Gasteiger partial charge on any atom is -0.313 e. The number of hydrogen-bond donors (Lipinski definition) is 1. The third kappa shape index (κ3) is 4.27. The van der Waals surface area contributed by atoms with Gasteiger partial charge in [0.05, 0.1) is 19.8 Å². The Kier molecular flexibility index (Phi) is 5.40. The number of nitrogens with one attached hydrogen (secondary N) is 1. The van der Waals surface area contributed by atoms with Gasteiger partial charge in [-0.3, -0.25) is 9.59 Å². The van der Waals surface area contributed by atoms with Gasteiger partial charge in [0.1, 0.15) is 5.69 Å². The highest BCUT2D eigenvalue weighted by molar-refractivity contribution is 7.13. The molecular weight excluding hydrogens is 414 g/mol. The molecule has 0 fully saturated rings. The lowest BCUT2D eigenvalue weighted by molar-refractivity contribution is -0.119. The van der Waals surface area contributed by atoms with Crippen LogP contribution in [0.25, 0.3) is 28.4 Å². The first-order chi connectivity index (χ1) is 14.3. The summed E-state index contributed by atoms with van der Waals surface area (Å²) >= 11 is 2.88. The van der Waals surface area contributed by atoms with Crippen molar-refractivity contribution in [2.75, 3.05) is 0 Å². The van der Waals surface area contributed by atoms with Crippen LogP contribution in [0.5, 0.6) is 0 Å². The summed E-state index contributed by atoms with van der Waals surface area (Å²) in [4.78, 5) is 28.6. The molecule has 7 heteroatoms. The summed E-state index contributed by atoms with van der Waals surface area (Å²) in [5.41, 5.74) is 1.91. The first kappa shape index (κ1) is 20.3. The predicted molar refractivity (Wildman–Crippen MR) is 124 cm³/mol. The Morgan fingerprint density at radius 3 is 2.57 bits per heavy atom. The van der Waals surface area contributed by atoms with E-state index in [-0.39, 0.29) is 11.3 Å². The topological polar surface area (TPSA) is 67.8 Å². The Labute approximate surface area is 181 Å². The lowest BCUT2D eigenvalue weighted by Crippen LogP contribution is -2.22. The van der Waals surface area contributed by atoms with Crippen molar-refractivity contribution >= 4 is 40.6 Å². The standard InChI is InChI=1S/C23H21N3O2S2/c1-23(2,3)19(27)13-20-24-22(28)18(30-20)12-15-14-26(16-8-5-4-6-9-16)25-21(15)17-10-7-11-29-17/h4-14H,1-3H3,(H,24,28)/b18-12-,20-13?. The van der Waals surface area contributed by atoms with E-state index >= 15 is 0 Å². The number of nitrogens with zero attached hydrogens (tertiary/aromatic N) is 2. The minimum atomic E-state index is -0.492. The second kappa shape index (κ2) is 8.01. The molecule has 0 aliphatic rings. The highest BCUT2D eigenvalue weighted by atomic mass is 32.1. The Morgan fingerprint density at radius 1 is 1.13 bits per heavy atom. The maximum atomic E-state index is 12.5. The van der Waals surface area contributed by atoms with Gasteiger partial charge in [0.15, 0.2) is 5.78 Å². The van der Waals surface area contributed by atoms with E-state index in [0.29, 0.717) is 9.20 Å². The Hall–Kier alpha value is -3.03. The molecule has 152 valence electrons. The SMILES string of the molecule is CC(C)(C)C(=O)C=c1[nH]c(=O)/c(=C/c2cn(-c3ccccc3)nc2-c2cccs2)s1. The fourth-order valence-corrected chi connectivity index (χ4v) is 4.42. The molecule has 0 spiro atoms. The third-order valence-corrected chi connectivity index (χ3v) is 6.33. The van der Waals surface area contributed by atoms with E-state index in [9.17, 15) is 9.59 Å². The van der Waals surface area contributed by atoms with Crippen LogP contribution >= 0.6 is 22.7 Å². The van der Waals surface area contributed by atoms with Crippen molar-refractivity contribution in [3.8, 4) is 16.3 Å². The third-order valence-electron chi connectivity index (χ3n) is 4.49. The van der Waals surface area contributed by atoms with Crippen LogP contribution in [0.3, 0.4) is 0 Å². The number of hydrogen-bond acceptors (Lipinski definition) is 5. The number of benzene rings is 1. The molecule has 1 aromatic carbocycles. The van der Waals surface area contributed by atoms with Gasteiger partial charge in [-0.05, 0) is 29.7 Å². The molecule has 0 aliphatic heterocycles. The van der Waals surface area contributed by atoms with Crippen molar-refractivity contribution in [1.29, 1.82) is 0 Å². The van der Waals surface area contributed by atoms with Crippen LogP contribution in [0.15, 0.2) is 58.8 Å². The number of rotatable bonds is 4. The van der Waals surface area contributed by atoms with Gasteiger partial charge >= 0.3 is 0 Å². The van der Waals surface area contributed by atoms with Gasteiger partial charge in [-0.25, -0.2) is 4.68 Å². The summed E-state index contributed by atoms with van der Waals surface area (Å²) < 4.78 is 2.91. The first-order valence-corrected chi connectivity index (χ1v) is 11.2. The van der Waals surface area contributed by atoms with Gasteiger partial charge in [0.2, 0.25) is 0 Å². The number of H-pyrrole nitrogens is 1. The Bertz CT molecular complexity index is 1350. The van der Waals surface area contributed by atoms with Crippen molar-refractivity contribution in [2.45, 2.75) is 20.8 Å². The van der Waals surface area contributed by atoms with E-state index in [1.807, 2.05) is 85.6 Å². The van der Waals surface area contributed by atoms with E-state index in [0.717, 1.165) is 21.8 Å². The molecule has 0 unspecified atom stereocenters. The van der Waals surface area contributed by atoms with Crippen LogP contribution in [-0.4, -0.2) is 20.5 Å². The molecule has 0 aliphatic carbocycles. The van der Waals surface area contributed by atoms with Crippen LogP contribution in [0.2, 0.25) is 0 Å². The Morgan fingerprint density at radius 2 is 1.90 bits per heavy atom. The molecule has 0 saturated heterocycles. The highest BCUT2D eigenvalue weighted by Gasteiger charge is 2.19. The van der Waals surface area contributed by atoms with E-state index < -0.39 is 5.41 Å². The quantitative estimate of drug-likeness (QED) is 0.533. The van der Waals surface area contributed by atoms with Gasteiger partial charge in [-0.15, -0.1) is 22.7 Å². The maximum Gasteiger partial charge on any atom is 0.266 e. The molecule has 3 aromatic heterocycles. The number of thiazole rings is 1. The largest absolute Gasteiger partial charge is 0.313 e. The second-order valence-electron chi connectivity index (χ2n) is 7.88. The van der Waals surface area contributed by atoms with Crippen LogP contribution < -0.4 is 14.8 Å². The molecule has 0 bridgehead atoms. The van der Waals surface area contributed by atoms with Crippen LogP contribution in [0, 0.1) is 5.41 Å². The molecule has 0 amide bonds. The summed E-state index contributed by atoms with van der Waals surface area (Å²) in [7, 11) is 0. The monoisotopic (exact) mass is 435 g/mol. The van der Waals surface area contributed by atoms with Crippen LogP contribution in [-0.2, 0) is 4.79 Å². The number of carbonyl (C=O) groups excluding carboxylic acids is 1. The number of ketones is 1. The van der Waals surface area contributed by atoms with Gasteiger partial charge in [0.25, 0.3) is 5.56 Å². The summed E-state index contributed by atoms with van der Waals surface area (Å²) in [6, 6.07) is 13.8. The van der Waals surface area contributed by atoms with E-state index in [4.69, 9.17) is 5.10 Å². The molecule has 4 aromatic rings. The zero-order valence-electron chi connectivity index (χ0n) is 16.9. The number of thiophene rings is 1. The molecule has 1 N–H and O–H groups in total. The number of aromatic nitrogens is 3. The number of carbonyl (C=O) groups is 1. The van der Waals surface area contributed by atoms with Gasteiger partial charge in [0, 0.05) is 23.3 Å². The van der Waals surface area contributed by atoms with E-state index in [1.54, 1.807) is 11.3 Å². The van der Waals surface area contributed by atoms with Crippen molar-refractivity contribution in [2.24, 2.45) is 5.41 Å². The second-order valence-corrected chi connectivity index (χ2v) is 9.91. The fraction of sp³-hybridized carbons (Fsp3) is 0.174. The molecule has 0 atom stereocenters. The summed E-state index contributed by atoms with van der Waals surface area (Å²) in [6.07, 6.45) is 5.27. The minimum absolute atomic E-state index is 0.0253. The smallest absolute Gasteiger partial charge is 0.266 e. The molecule has 4 rings (SSSR count). The molecule has 0 radical (unpaired) electrons. The van der Waals surface area contributed by atoms with Gasteiger partial charge < -0.3 is 4.98 Å². The molecule has 0 saturated carbocycles. The fourth-order valence-electron chi connectivity index (χ4n) is 2.81. The Balaban J connectivity index is 1.84. The zero-order chi connectivity index (χ0) is 21.3. The number of aromatic amines is 1. The van der Waals surface area contributed by atoms with Crippen molar-refractivity contribution in [3.05, 3.63) is 79.2 Å². The molecule has 3 heterocycles.